The smallest absolute Gasteiger partial charge is 0.262 e. The van der Waals surface area contributed by atoms with Crippen LogP contribution in [0.1, 0.15) is 64.4 Å². The number of aromatic nitrogens is 4. The molecule has 6 heterocycles. The number of rotatable bonds is 22. The van der Waals surface area contributed by atoms with Crippen LogP contribution in [0.3, 0.4) is 0 Å². The van der Waals surface area contributed by atoms with Crippen molar-refractivity contribution >= 4 is 46.3 Å². The largest absolute Gasteiger partial charge is 0.383 e. The quantitative estimate of drug-likeness (QED) is 0.0657. The molecule has 2 unspecified atom stereocenters. The van der Waals surface area contributed by atoms with Gasteiger partial charge in [-0.05, 0) is 61.2 Å². The van der Waals surface area contributed by atoms with Gasteiger partial charge in [-0.25, -0.2) is 13.8 Å². The summed E-state index contributed by atoms with van der Waals surface area (Å²) in [5.41, 5.74) is 4.44. The minimum absolute atomic E-state index is 0.00228. The lowest BCUT2D eigenvalue weighted by atomic mass is 9.98. The highest BCUT2D eigenvalue weighted by molar-refractivity contribution is 6.23. The van der Waals surface area contributed by atoms with Crippen molar-refractivity contribution in [1.82, 2.24) is 40.2 Å². The Morgan fingerprint density at radius 3 is 2.25 bits per heavy atom. The number of hydrogen-bond donors (Lipinski definition) is 3. The van der Waals surface area contributed by atoms with Crippen molar-refractivity contribution in [2.24, 2.45) is 0 Å². The topological polar surface area (TPSA) is 218 Å². The molecule has 3 fully saturated rings. The maximum atomic E-state index is 15.4. The fraction of sp³-hybridized carbons (Fsp3) is 0.451. The average Bonchev–Trinajstić information content (AvgIpc) is 3.98. The van der Waals surface area contributed by atoms with Crippen molar-refractivity contribution in [1.29, 1.82) is 0 Å². The highest BCUT2D eigenvalue weighted by Gasteiger charge is 2.44. The molecule has 0 bridgehead atoms. The van der Waals surface area contributed by atoms with E-state index in [2.05, 4.69) is 26.0 Å². The number of imide groups is 2. The van der Waals surface area contributed by atoms with E-state index in [1.54, 1.807) is 42.7 Å². The zero-order valence-electron chi connectivity index (χ0n) is 39.7. The first-order valence-corrected chi connectivity index (χ1v) is 24.4. The van der Waals surface area contributed by atoms with Crippen LogP contribution in [0.4, 0.5) is 14.5 Å². The van der Waals surface area contributed by atoms with Crippen LogP contribution in [-0.4, -0.2) is 163 Å². The predicted octanol–water partition coefficient (Wildman–Crippen LogP) is 4.10. The highest BCUT2D eigenvalue weighted by atomic mass is 19.1. The number of carbonyl (C=O) groups is 5. The lowest BCUT2D eigenvalue weighted by Gasteiger charge is -2.32. The molecule has 9 rings (SSSR count). The van der Waals surface area contributed by atoms with Crippen LogP contribution in [0.15, 0.2) is 67.1 Å². The van der Waals surface area contributed by atoms with Gasteiger partial charge in [-0.3, -0.25) is 43.9 Å². The number of morpholine rings is 1. The van der Waals surface area contributed by atoms with Gasteiger partial charge >= 0.3 is 0 Å². The molecule has 0 radical (unpaired) electrons. The number of nitrogens with zero attached hydrogens (tertiary/aromatic N) is 6. The van der Waals surface area contributed by atoms with Crippen LogP contribution in [0.5, 0.6) is 0 Å². The lowest BCUT2D eigenvalue weighted by molar-refractivity contribution is -0.136. The van der Waals surface area contributed by atoms with Crippen molar-refractivity contribution in [2.45, 2.75) is 56.7 Å². The minimum atomic E-state index is -1.01. The minimum Gasteiger partial charge on any atom is -0.383 e. The summed E-state index contributed by atoms with van der Waals surface area (Å²) in [5.74, 6) is -3.41. The summed E-state index contributed by atoms with van der Waals surface area (Å²) >= 11 is 0. The number of ether oxygens (including phenoxy) is 5. The van der Waals surface area contributed by atoms with E-state index in [0.717, 1.165) is 29.8 Å². The molecule has 4 aliphatic heterocycles. The molecule has 380 valence electrons. The summed E-state index contributed by atoms with van der Waals surface area (Å²) < 4.78 is 60.8. The molecule has 0 spiro atoms. The van der Waals surface area contributed by atoms with Gasteiger partial charge in [-0.1, -0.05) is 12.1 Å². The maximum absolute atomic E-state index is 15.4. The van der Waals surface area contributed by atoms with Crippen LogP contribution < -0.4 is 16.0 Å². The Labute approximate surface area is 413 Å². The zero-order valence-corrected chi connectivity index (χ0v) is 39.7. The number of benzene rings is 3. The van der Waals surface area contributed by atoms with Crippen molar-refractivity contribution in [3.8, 4) is 22.4 Å². The number of amides is 5. The van der Waals surface area contributed by atoms with Crippen LogP contribution in [0.2, 0.25) is 0 Å². The average molecular weight is 994 g/mol. The number of piperidine rings is 2. The fourth-order valence-electron chi connectivity index (χ4n) is 9.31. The third-order valence-electron chi connectivity index (χ3n) is 13.1. The summed E-state index contributed by atoms with van der Waals surface area (Å²) in [6.07, 6.45) is 7.07. The van der Waals surface area contributed by atoms with Gasteiger partial charge in [0.25, 0.3) is 11.8 Å². The van der Waals surface area contributed by atoms with Gasteiger partial charge in [-0.2, -0.15) is 5.10 Å². The number of para-hydroxylation sites is 1. The van der Waals surface area contributed by atoms with Gasteiger partial charge in [0, 0.05) is 74.1 Å². The summed E-state index contributed by atoms with van der Waals surface area (Å²) in [7, 11) is 0. The third-order valence-corrected chi connectivity index (χ3v) is 13.1. The number of likely N-dealkylation sites (tertiary alicyclic amines) is 1. The fourth-order valence-corrected chi connectivity index (χ4v) is 9.31. The zero-order chi connectivity index (χ0) is 50.0. The Hall–Kier alpha value is -6.62. The van der Waals surface area contributed by atoms with Crippen LogP contribution in [-0.2, 0) is 44.5 Å². The molecule has 0 aliphatic carbocycles. The second-order valence-corrected chi connectivity index (χ2v) is 17.9. The number of anilines is 1. The van der Waals surface area contributed by atoms with E-state index in [4.69, 9.17) is 28.7 Å². The second-order valence-electron chi connectivity index (χ2n) is 17.9. The molecule has 3 N–H and O–H groups in total. The normalized spacial score (nSPS) is 18.5. The molecule has 4 aliphatic rings. The van der Waals surface area contributed by atoms with Gasteiger partial charge in [0.15, 0.2) is 0 Å². The molecule has 2 atom stereocenters. The first kappa shape index (κ1) is 50.3. The SMILES string of the molecule is O=C1CCC(N2C(=O)c3ccc(NCCOCCOCCOCCOCCC(=O)N4CCC(n5cc(-c6cnc7cccc(-c8cc(F)c(CC9CNCCO9)c(F)c8)c7n6)cn5)CC4)cc3C2=O)C(=O)N1. The van der Waals surface area contributed by atoms with Crippen LogP contribution in [0.25, 0.3) is 33.4 Å². The van der Waals surface area contributed by atoms with Crippen molar-refractivity contribution in [3.05, 3.63) is 95.4 Å². The van der Waals surface area contributed by atoms with Crippen LogP contribution in [0, 0.1) is 11.6 Å². The standard InChI is InChI=1S/C51H57F2N9O10/c52-41-24-32(25-42(53)40(41)27-36-29-54-11-17-72-36)37-2-1-3-43-48(37)58-44(30-56-43)33-28-57-61(31-33)35-8-13-60(14-9-35)47(64)10-15-68-18-20-70-22-23-71-21-19-69-16-12-55-34-4-5-38-39(26-34)51(67)62(50(38)66)45-6-7-46(63)59-49(45)65/h1-5,24-26,28,30-31,35-36,45,54-55H,6-23,27,29H2,(H,59,63,65). The van der Waals surface area contributed by atoms with E-state index in [0.29, 0.717) is 113 Å². The summed E-state index contributed by atoms with van der Waals surface area (Å²) in [4.78, 5) is 75.0. The number of fused-ring (bicyclic) bond motifs is 2. The predicted molar refractivity (Wildman–Crippen MR) is 257 cm³/mol. The summed E-state index contributed by atoms with van der Waals surface area (Å²) in [5, 5.41) is 13.2. The van der Waals surface area contributed by atoms with Crippen molar-refractivity contribution in [2.75, 3.05) is 97.5 Å². The van der Waals surface area contributed by atoms with E-state index in [1.165, 1.54) is 12.1 Å². The van der Waals surface area contributed by atoms with E-state index < -0.39 is 41.3 Å². The van der Waals surface area contributed by atoms with E-state index in [1.807, 2.05) is 21.8 Å². The number of hydrogen-bond acceptors (Lipinski definition) is 15. The number of halogens is 2. The Kier molecular flexibility index (Phi) is 16.6. The Morgan fingerprint density at radius 2 is 1.53 bits per heavy atom. The number of carbonyl (C=O) groups excluding carboxylic acids is 5. The monoisotopic (exact) mass is 993 g/mol. The molecule has 3 saturated heterocycles. The molecular formula is C51H57F2N9O10. The Morgan fingerprint density at radius 1 is 0.806 bits per heavy atom. The number of nitrogens with one attached hydrogen (secondary N) is 3. The third kappa shape index (κ3) is 12.0. The van der Waals surface area contributed by atoms with Crippen molar-refractivity contribution < 1.29 is 56.4 Å². The molecule has 0 saturated carbocycles. The maximum Gasteiger partial charge on any atom is 0.262 e. The highest BCUT2D eigenvalue weighted by Crippen LogP contribution is 2.33. The first-order valence-electron chi connectivity index (χ1n) is 24.4. The van der Waals surface area contributed by atoms with Gasteiger partial charge in [-0.15, -0.1) is 0 Å². The molecule has 21 heteroatoms. The Bertz CT molecular complexity index is 2760. The molecule has 5 aromatic rings. The molecule has 2 aromatic heterocycles. The second kappa shape index (κ2) is 23.7. The van der Waals surface area contributed by atoms with Gasteiger partial charge in [0.2, 0.25) is 17.7 Å². The summed E-state index contributed by atoms with van der Waals surface area (Å²) in [6, 6.07) is 12.0. The van der Waals surface area contributed by atoms with Crippen LogP contribution >= 0.6 is 0 Å². The molecule has 19 nitrogen and oxygen atoms in total. The lowest BCUT2D eigenvalue weighted by Crippen LogP contribution is -2.54. The molecule has 3 aromatic carbocycles. The first-order chi connectivity index (χ1) is 35.1. The van der Waals surface area contributed by atoms with Gasteiger partial charge in [0.05, 0.1) is 118 Å². The van der Waals surface area contributed by atoms with E-state index in [-0.39, 0.29) is 67.0 Å². The molecule has 5 amide bonds. The van der Waals surface area contributed by atoms with E-state index >= 15 is 8.78 Å². The summed E-state index contributed by atoms with van der Waals surface area (Å²) in [6.45, 7) is 6.26. The van der Waals surface area contributed by atoms with Gasteiger partial charge < -0.3 is 39.2 Å². The van der Waals surface area contributed by atoms with E-state index in [9.17, 15) is 24.0 Å². The Balaban J connectivity index is 0.616. The van der Waals surface area contributed by atoms with Crippen molar-refractivity contribution in [3.63, 3.8) is 0 Å². The molecule has 72 heavy (non-hydrogen) atoms. The molecular weight excluding hydrogens is 937 g/mol. The van der Waals surface area contributed by atoms with Gasteiger partial charge in [0.1, 0.15) is 17.7 Å².